The van der Waals surface area contributed by atoms with Gasteiger partial charge in [-0.25, -0.2) is 0 Å². The maximum Gasteiger partial charge on any atom is 0.270 e. The molecule has 0 aliphatic carbocycles. The number of aromatic nitrogens is 1. The predicted molar refractivity (Wildman–Crippen MR) is 159 cm³/mol. The van der Waals surface area contributed by atoms with Crippen molar-refractivity contribution in [3.05, 3.63) is 31.9 Å². The number of rotatable bonds is 14. The molecule has 1 aromatic heterocycles. The fourth-order valence-corrected chi connectivity index (χ4v) is 6.58. The van der Waals surface area contributed by atoms with Crippen LogP contribution in [0.15, 0.2) is 9.70 Å². The lowest BCUT2D eigenvalue weighted by Gasteiger charge is -2.26. The van der Waals surface area contributed by atoms with E-state index in [-0.39, 0.29) is 17.0 Å². The van der Waals surface area contributed by atoms with E-state index in [4.69, 9.17) is 12.2 Å². The van der Waals surface area contributed by atoms with Gasteiger partial charge in [-0.1, -0.05) is 88.7 Å². The Morgan fingerprint density at radius 1 is 0.973 bits per heavy atom. The molecule has 0 spiro atoms. The van der Waals surface area contributed by atoms with Crippen molar-refractivity contribution in [2.75, 3.05) is 24.5 Å². The Balaban J connectivity index is 1.69. The summed E-state index contributed by atoms with van der Waals surface area (Å²) in [7, 11) is 0. The standard InChI is InChI=1S/C29H42N4O2S2/c1-4-6-7-8-9-10-11-12-13-14-19-33-28(35)25(37-29(33)36)20-23-22(3)24(21-30)27(34)32(5-2)26(23)31-17-15-16-18-31/h20H,4-19H2,1-3H3/b25-20-. The fourth-order valence-electron chi connectivity index (χ4n) is 5.29. The molecule has 2 aliphatic heterocycles. The zero-order valence-electron chi connectivity index (χ0n) is 22.8. The Bertz CT molecular complexity index is 1100. The summed E-state index contributed by atoms with van der Waals surface area (Å²) >= 11 is 6.91. The van der Waals surface area contributed by atoms with Crippen LogP contribution in [0.4, 0.5) is 5.82 Å². The number of nitrogens with zero attached hydrogens (tertiary/aromatic N) is 4. The van der Waals surface area contributed by atoms with Gasteiger partial charge in [-0.15, -0.1) is 0 Å². The number of hydrogen-bond acceptors (Lipinski definition) is 6. The zero-order valence-corrected chi connectivity index (χ0v) is 24.4. The van der Waals surface area contributed by atoms with Gasteiger partial charge in [-0.2, -0.15) is 5.26 Å². The first-order valence-corrected chi connectivity index (χ1v) is 15.3. The fraction of sp³-hybridized carbons (Fsp3) is 0.655. The highest BCUT2D eigenvalue weighted by Crippen LogP contribution is 2.36. The van der Waals surface area contributed by atoms with Gasteiger partial charge in [0.15, 0.2) is 0 Å². The van der Waals surface area contributed by atoms with E-state index in [1.165, 1.54) is 63.1 Å². The molecule has 1 aromatic rings. The zero-order chi connectivity index (χ0) is 26.8. The molecule has 2 saturated heterocycles. The summed E-state index contributed by atoms with van der Waals surface area (Å²) in [4.78, 5) is 30.9. The second-order valence-electron chi connectivity index (χ2n) is 10.1. The molecule has 3 rings (SSSR count). The lowest BCUT2D eigenvalue weighted by molar-refractivity contribution is -0.122. The van der Waals surface area contributed by atoms with Crippen molar-refractivity contribution in [2.45, 2.75) is 104 Å². The summed E-state index contributed by atoms with van der Waals surface area (Å²) in [5.74, 6) is 0.756. The van der Waals surface area contributed by atoms with Crippen LogP contribution < -0.4 is 10.5 Å². The quantitative estimate of drug-likeness (QED) is 0.147. The SMILES string of the molecule is CCCCCCCCCCCCN1C(=O)/C(=C/c2c(C)c(C#N)c(=O)n(CC)c2N2CCCC2)SC1=S. The summed E-state index contributed by atoms with van der Waals surface area (Å²) in [5.41, 5.74) is 1.32. The number of unbranched alkanes of at least 4 members (excludes halogenated alkanes) is 9. The van der Waals surface area contributed by atoms with Crippen LogP contribution in [0, 0.1) is 18.3 Å². The van der Waals surface area contributed by atoms with Gasteiger partial charge in [0, 0.05) is 31.7 Å². The number of anilines is 1. The van der Waals surface area contributed by atoms with Gasteiger partial charge in [-0.05, 0) is 44.7 Å². The van der Waals surface area contributed by atoms with Crippen molar-refractivity contribution in [2.24, 2.45) is 0 Å². The van der Waals surface area contributed by atoms with Gasteiger partial charge in [-0.3, -0.25) is 19.1 Å². The summed E-state index contributed by atoms with van der Waals surface area (Å²) in [6.07, 6.45) is 16.5. The van der Waals surface area contributed by atoms with E-state index in [0.717, 1.165) is 50.2 Å². The van der Waals surface area contributed by atoms with Gasteiger partial charge < -0.3 is 4.90 Å². The molecule has 202 valence electrons. The second kappa shape index (κ2) is 14.7. The molecule has 0 bridgehead atoms. The number of carbonyl (C=O) groups is 1. The molecule has 0 aromatic carbocycles. The van der Waals surface area contributed by atoms with E-state index in [1.54, 1.807) is 9.47 Å². The number of nitriles is 1. The number of amides is 1. The molecule has 6 nitrogen and oxygen atoms in total. The minimum atomic E-state index is -0.255. The number of pyridine rings is 1. The largest absolute Gasteiger partial charge is 0.357 e. The van der Waals surface area contributed by atoms with Gasteiger partial charge in [0.2, 0.25) is 0 Å². The molecule has 0 atom stereocenters. The number of thiocarbonyl (C=S) groups is 1. The Morgan fingerprint density at radius 3 is 2.14 bits per heavy atom. The molecule has 0 radical (unpaired) electrons. The second-order valence-corrected chi connectivity index (χ2v) is 11.8. The first-order valence-electron chi connectivity index (χ1n) is 14.1. The van der Waals surface area contributed by atoms with Crippen molar-refractivity contribution in [1.29, 1.82) is 5.26 Å². The average Bonchev–Trinajstić information content (AvgIpc) is 3.51. The molecule has 3 heterocycles. The van der Waals surface area contributed by atoms with Crippen molar-refractivity contribution < 1.29 is 4.79 Å². The molecule has 8 heteroatoms. The topological polar surface area (TPSA) is 69.3 Å². The number of hydrogen-bond donors (Lipinski definition) is 0. The van der Waals surface area contributed by atoms with E-state index in [2.05, 4.69) is 17.9 Å². The molecular formula is C29H42N4O2S2. The van der Waals surface area contributed by atoms with Gasteiger partial charge in [0.05, 0.1) is 4.91 Å². The summed E-state index contributed by atoms with van der Waals surface area (Å²) in [6.45, 7) is 8.84. The Hall–Kier alpha value is -2.11. The molecule has 2 aliphatic rings. The highest BCUT2D eigenvalue weighted by atomic mass is 32.2. The van der Waals surface area contributed by atoms with Gasteiger partial charge in [0.1, 0.15) is 21.8 Å². The van der Waals surface area contributed by atoms with Crippen LogP contribution in [-0.4, -0.2) is 39.3 Å². The molecular weight excluding hydrogens is 500 g/mol. The van der Waals surface area contributed by atoms with Gasteiger partial charge in [0.25, 0.3) is 11.5 Å². The Morgan fingerprint density at radius 2 is 1.57 bits per heavy atom. The molecule has 0 N–H and O–H groups in total. The smallest absolute Gasteiger partial charge is 0.270 e. The van der Waals surface area contributed by atoms with E-state index >= 15 is 0 Å². The van der Waals surface area contributed by atoms with Gasteiger partial charge >= 0.3 is 0 Å². The first kappa shape index (κ1) is 29.4. The van der Waals surface area contributed by atoms with E-state index in [0.29, 0.717) is 27.9 Å². The molecule has 1 amide bonds. The van der Waals surface area contributed by atoms with Crippen LogP contribution >= 0.6 is 24.0 Å². The van der Waals surface area contributed by atoms with Crippen LogP contribution in [0.3, 0.4) is 0 Å². The highest BCUT2D eigenvalue weighted by Gasteiger charge is 2.33. The van der Waals surface area contributed by atoms with E-state index in [1.807, 2.05) is 19.9 Å². The first-order chi connectivity index (χ1) is 17.9. The van der Waals surface area contributed by atoms with Crippen molar-refractivity contribution >= 4 is 46.1 Å². The highest BCUT2D eigenvalue weighted by molar-refractivity contribution is 8.26. The Kier molecular flexibility index (Phi) is 11.7. The van der Waals surface area contributed by atoms with Crippen LogP contribution in [0.5, 0.6) is 0 Å². The monoisotopic (exact) mass is 542 g/mol. The normalized spacial score (nSPS) is 16.9. The predicted octanol–water partition coefficient (Wildman–Crippen LogP) is 6.77. The maximum absolute atomic E-state index is 13.3. The molecule has 37 heavy (non-hydrogen) atoms. The van der Waals surface area contributed by atoms with Crippen LogP contribution in [0.25, 0.3) is 6.08 Å². The lowest BCUT2D eigenvalue weighted by Crippen LogP contribution is -2.33. The van der Waals surface area contributed by atoms with Crippen LogP contribution in [-0.2, 0) is 11.3 Å². The van der Waals surface area contributed by atoms with E-state index < -0.39 is 0 Å². The summed E-state index contributed by atoms with van der Waals surface area (Å²) in [5, 5.41) is 9.72. The maximum atomic E-state index is 13.3. The van der Waals surface area contributed by atoms with Crippen LogP contribution in [0.2, 0.25) is 0 Å². The third-order valence-electron chi connectivity index (χ3n) is 7.45. The Labute approximate surface area is 232 Å². The minimum absolute atomic E-state index is 0.0644. The minimum Gasteiger partial charge on any atom is -0.357 e. The third kappa shape index (κ3) is 7.26. The van der Waals surface area contributed by atoms with Crippen molar-refractivity contribution in [3.8, 4) is 6.07 Å². The number of carbonyl (C=O) groups excluding carboxylic acids is 1. The lowest BCUT2D eigenvalue weighted by atomic mass is 10.0. The molecule has 0 saturated carbocycles. The molecule has 0 unspecified atom stereocenters. The summed E-state index contributed by atoms with van der Waals surface area (Å²) < 4.78 is 2.28. The average molecular weight is 543 g/mol. The van der Waals surface area contributed by atoms with E-state index in [9.17, 15) is 14.9 Å². The van der Waals surface area contributed by atoms with Crippen molar-refractivity contribution in [1.82, 2.24) is 9.47 Å². The summed E-state index contributed by atoms with van der Waals surface area (Å²) in [6, 6.07) is 2.10. The third-order valence-corrected chi connectivity index (χ3v) is 8.83. The molecule has 2 fully saturated rings. The van der Waals surface area contributed by atoms with Crippen molar-refractivity contribution in [3.63, 3.8) is 0 Å². The van der Waals surface area contributed by atoms with Crippen LogP contribution in [0.1, 0.15) is 108 Å². The number of thioether (sulfide) groups is 1.